The fourth-order valence-electron chi connectivity index (χ4n) is 7.09. The van der Waals surface area contributed by atoms with Gasteiger partial charge in [-0.2, -0.15) is 0 Å². The predicted octanol–water partition coefficient (Wildman–Crippen LogP) is 7.18. The molecule has 12 nitrogen and oxygen atoms in total. The quantitative estimate of drug-likeness (QED) is 0.132. The molecular formula is C50H70N10O2. The first-order chi connectivity index (χ1) is 29.7. The van der Waals surface area contributed by atoms with Gasteiger partial charge in [0.05, 0.1) is 37.6 Å². The maximum absolute atomic E-state index is 11.5. The van der Waals surface area contributed by atoms with E-state index < -0.39 is 0 Å². The smallest absolute Gasteiger partial charge is 0.133 e. The third-order valence-electron chi connectivity index (χ3n) is 11.2. The van der Waals surface area contributed by atoms with Crippen molar-refractivity contribution in [2.75, 3.05) is 78.5 Å². The van der Waals surface area contributed by atoms with Crippen molar-refractivity contribution in [1.82, 2.24) is 30.4 Å². The Bertz CT molecular complexity index is 1880. The third-order valence-corrected chi connectivity index (χ3v) is 11.2. The average molecular weight is 843 g/mol. The van der Waals surface area contributed by atoms with Crippen LogP contribution in [0.2, 0.25) is 0 Å². The molecule has 2 aromatic carbocycles. The van der Waals surface area contributed by atoms with E-state index in [-0.39, 0.29) is 34.4 Å². The van der Waals surface area contributed by atoms with Crippen LogP contribution in [0, 0.1) is 0 Å². The number of hydrogen-bond donors (Lipinski definition) is 4. The lowest BCUT2D eigenvalue weighted by molar-refractivity contribution is 0.284. The summed E-state index contributed by atoms with van der Waals surface area (Å²) in [4.78, 5) is 33.0. The Balaban J connectivity index is 1.40. The van der Waals surface area contributed by atoms with E-state index in [9.17, 15) is 10.2 Å². The van der Waals surface area contributed by atoms with Gasteiger partial charge in [0.15, 0.2) is 0 Å². The number of rotatable bonds is 10. The summed E-state index contributed by atoms with van der Waals surface area (Å²) in [6.45, 7) is 25.4. The number of nitrogens with zero attached hydrogens (tertiary/aromatic N) is 8. The van der Waals surface area contributed by atoms with Crippen molar-refractivity contribution in [3.8, 4) is 11.5 Å². The molecule has 4 aromatic rings. The first-order valence-corrected chi connectivity index (χ1v) is 22.2. The molecule has 3 heterocycles. The number of aromatic nitrogens is 2. The lowest BCUT2D eigenvalue weighted by Gasteiger charge is -2.23. The highest BCUT2D eigenvalue weighted by Gasteiger charge is 2.20. The summed E-state index contributed by atoms with van der Waals surface area (Å²) in [7, 11) is 0. The number of fused-ring (bicyclic) bond motifs is 4. The molecule has 0 saturated heterocycles. The molecule has 4 bridgehead atoms. The van der Waals surface area contributed by atoms with Gasteiger partial charge in [-0.05, 0) is 84.3 Å². The number of hydrogen-bond acceptors (Lipinski definition) is 12. The van der Waals surface area contributed by atoms with Crippen molar-refractivity contribution in [1.29, 1.82) is 0 Å². The van der Waals surface area contributed by atoms with Gasteiger partial charge < -0.3 is 20.8 Å². The lowest BCUT2D eigenvalue weighted by atomic mass is 9.85. The molecule has 332 valence electrons. The molecule has 2 aromatic heterocycles. The number of phenols is 2. The first kappa shape index (κ1) is 47.9. The van der Waals surface area contributed by atoms with Crippen molar-refractivity contribution >= 4 is 24.9 Å². The van der Waals surface area contributed by atoms with Crippen molar-refractivity contribution < 1.29 is 10.2 Å². The van der Waals surface area contributed by atoms with E-state index in [4.69, 9.17) is 20.0 Å². The van der Waals surface area contributed by atoms with Gasteiger partial charge in [0.25, 0.3) is 0 Å². The fraction of sp³-hybridized carbons (Fsp3) is 0.480. The molecule has 4 N–H and O–H groups in total. The number of pyridine rings is 2. The van der Waals surface area contributed by atoms with Crippen molar-refractivity contribution in [3.63, 3.8) is 0 Å². The van der Waals surface area contributed by atoms with Gasteiger partial charge in [0.2, 0.25) is 0 Å². The minimum atomic E-state index is -0.139. The number of benzene rings is 2. The van der Waals surface area contributed by atoms with E-state index in [1.54, 1.807) is 24.9 Å². The molecule has 0 radical (unpaired) electrons. The molecule has 62 heavy (non-hydrogen) atoms. The van der Waals surface area contributed by atoms with Crippen LogP contribution in [0.15, 0.2) is 93.0 Å². The lowest BCUT2D eigenvalue weighted by Crippen LogP contribution is -2.36. The molecule has 0 saturated carbocycles. The second-order valence-corrected chi connectivity index (χ2v) is 18.2. The van der Waals surface area contributed by atoms with E-state index in [0.717, 1.165) is 48.7 Å². The van der Waals surface area contributed by atoms with Gasteiger partial charge in [0, 0.05) is 124 Å². The van der Waals surface area contributed by atoms with E-state index in [1.807, 2.05) is 73.1 Å². The molecule has 0 amide bonds. The van der Waals surface area contributed by atoms with Crippen molar-refractivity contribution in [2.24, 2.45) is 20.0 Å². The number of aromatic hydroxyl groups is 2. The monoisotopic (exact) mass is 843 g/mol. The average Bonchev–Trinajstić information content (AvgIpc) is 3.24. The highest BCUT2D eigenvalue weighted by atomic mass is 16.3. The van der Waals surface area contributed by atoms with Crippen LogP contribution in [0.3, 0.4) is 0 Å². The Morgan fingerprint density at radius 3 is 1.13 bits per heavy atom. The third kappa shape index (κ3) is 15.0. The summed E-state index contributed by atoms with van der Waals surface area (Å²) in [6, 6.07) is 20.3. The molecule has 0 fully saturated rings. The Hall–Kier alpha value is -5.14. The zero-order chi connectivity index (χ0) is 44.5. The van der Waals surface area contributed by atoms with Crippen LogP contribution in [0.25, 0.3) is 0 Å². The standard InChI is InChI=1S/C50H70N10O2/c1-37(45-13-9-11-15-57-45)55-21-27-59-23-17-51-33-39-29-43(49(3,4)5)31-41(47(39)61)35-53-19-25-60(28-22-56-38(2)46-14-10-12-16-58-46)26-20-54-36-42-32-44(50(6,7)8)30-40(48(42)62)34-52-18-24-59/h9-16,29-38,55-56,61-62H,17-28H2,1-8H3. The van der Waals surface area contributed by atoms with E-state index in [2.05, 4.69) is 85.8 Å². The summed E-state index contributed by atoms with van der Waals surface area (Å²) in [5, 5.41) is 30.2. The SMILES string of the molecule is CC(NCCN1CCN=Cc2cc(C(C)(C)C)cc(c2O)C=NCCN(CCNC(C)c2ccccn2)CCN=Cc2cc(C(C)(C)C)cc(c2O)C=NCC1)c1ccccn1. The Morgan fingerprint density at radius 1 is 0.532 bits per heavy atom. The molecule has 5 rings (SSSR count). The summed E-state index contributed by atoms with van der Waals surface area (Å²) in [5.74, 6) is 0.359. The highest BCUT2D eigenvalue weighted by Crippen LogP contribution is 2.31. The topological polar surface area (TPSA) is 146 Å². The van der Waals surface area contributed by atoms with Crippen molar-refractivity contribution in [3.05, 3.63) is 118 Å². The summed E-state index contributed by atoms with van der Waals surface area (Å²) in [5.41, 5.74) is 6.66. The van der Waals surface area contributed by atoms with E-state index >= 15 is 0 Å². The number of nitrogens with one attached hydrogen (secondary N) is 2. The maximum Gasteiger partial charge on any atom is 0.133 e. The minimum Gasteiger partial charge on any atom is -0.507 e. The molecule has 2 atom stereocenters. The van der Waals surface area contributed by atoms with Gasteiger partial charge in [0.1, 0.15) is 11.5 Å². The molecule has 2 unspecified atom stereocenters. The van der Waals surface area contributed by atoms with Crippen LogP contribution in [-0.4, -0.2) is 133 Å². The highest BCUT2D eigenvalue weighted by molar-refractivity contribution is 5.93. The van der Waals surface area contributed by atoms with Gasteiger partial charge in [-0.15, -0.1) is 0 Å². The fourth-order valence-corrected chi connectivity index (χ4v) is 7.09. The van der Waals surface area contributed by atoms with Crippen LogP contribution in [0.4, 0.5) is 0 Å². The second kappa shape index (κ2) is 23.3. The molecule has 1 aliphatic heterocycles. The molecule has 0 aliphatic carbocycles. The second-order valence-electron chi connectivity index (χ2n) is 18.2. The van der Waals surface area contributed by atoms with Crippen LogP contribution in [0.5, 0.6) is 11.5 Å². The van der Waals surface area contributed by atoms with Gasteiger partial charge in [-0.1, -0.05) is 53.7 Å². The summed E-state index contributed by atoms with van der Waals surface area (Å²) < 4.78 is 0. The maximum atomic E-state index is 11.5. The van der Waals surface area contributed by atoms with Crippen LogP contribution in [0.1, 0.15) is 112 Å². The largest absolute Gasteiger partial charge is 0.507 e. The molecular weight excluding hydrogens is 773 g/mol. The molecule has 12 heteroatoms. The Kier molecular flexibility index (Phi) is 18.0. The van der Waals surface area contributed by atoms with Gasteiger partial charge in [-0.3, -0.25) is 39.7 Å². The number of aliphatic imine (C=N–C) groups is 4. The normalized spacial score (nSPS) is 16.5. The first-order valence-electron chi connectivity index (χ1n) is 22.2. The van der Waals surface area contributed by atoms with Gasteiger partial charge >= 0.3 is 0 Å². The van der Waals surface area contributed by atoms with Crippen molar-refractivity contribution in [2.45, 2.75) is 78.3 Å². The molecule has 1 aliphatic rings. The summed E-state index contributed by atoms with van der Waals surface area (Å²) >= 11 is 0. The van der Waals surface area contributed by atoms with Gasteiger partial charge in [-0.25, -0.2) is 0 Å². The zero-order valence-corrected chi connectivity index (χ0v) is 38.3. The summed E-state index contributed by atoms with van der Waals surface area (Å²) in [6.07, 6.45) is 10.8. The van der Waals surface area contributed by atoms with Crippen LogP contribution >= 0.6 is 0 Å². The van der Waals surface area contributed by atoms with E-state index in [1.165, 1.54) is 0 Å². The van der Waals surface area contributed by atoms with Crippen LogP contribution < -0.4 is 10.6 Å². The minimum absolute atomic E-state index is 0.114. The Morgan fingerprint density at radius 2 is 0.855 bits per heavy atom. The Labute approximate surface area is 370 Å². The molecule has 0 spiro atoms. The van der Waals surface area contributed by atoms with E-state index in [0.29, 0.717) is 74.6 Å². The zero-order valence-electron chi connectivity index (χ0n) is 38.3. The predicted molar refractivity (Wildman–Crippen MR) is 258 cm³/mol. The van der Waals surface area contributed by atoms with Crippen LogP contribution in [-0.2, 0) is 10.8 Å². The number of phenolic OH excluding ortho intramolecular Hbond substituents is 2.